The zero-order valence-corrected chi connectivity index (χ0v) is 15.5. The van der Waals surface area contributed by atoms with E-state index in [2.05, 4.69) is 5.32 Å². The predicted octanol–water partition coefficient (Wildman–Crippen LogP) is 4.67. The van der Waals surface area contributed by atoms with E-state index in [1.807, 2.05) is 38.1 Å². The van der Waals surface area contributed by atoms with E-state index in [0.717, 1.165) is 11.3 Å². The average Bonchev–Trinajstić information content (AvgIpc) is 2.94. The minimum Gasteiger partial charge on any atom is -0.481 e. The molecule has 1 amide bonds. The third kappa shape index (κ3) is 5.67. The van der Waals surface area contributed by atoms with Crippen LogP contribution in [0.1, 0.15) is 53.6 Å². The van der Waals surface area contributed by atoms with Crippen molar-refractivity contribution in [1.29, 1.82) is 0 Å². The summed E-state index contributed by atoms with van der Waals surface area (Å²) in [5, 5.41) is 11.6. The number of nitrogens with one attached hydrogen (secondary N) is 1. The fourth-order valence-corrected chi connectivity index (χ4v) is 3.18. The van der Waals surface area contributed by atoms with Crippen molar-refractivity contribution in [3.05, 3.63) is 53.0 Å². The monoisotopic (exact) mass is 361 g/mol. The first-order valence-electron chi connectivity index (χ1n) is 8.17. The van der Waals surface area contributed by atoms with Crippen molar-refractivity contribution in [2.75, 3.05) is 11.1 Å². The number of benzene rings is 1. The van der Waals surface area contributed by atoms with Gasteiger partial charge in [-0.3, -0.25) is 9.59 Å². The van der Waals surface area contributed by atoms with Crippen LogP contribution in [0.4, 0.5) is 5.69 Å². The molecule has 2 aromatic rings. The van der Waals surface area contributed by atoms with Gasteiger partial charge in [0.1, 0.15) is 11.5 Å². The van der Waals surface area contributed by atoms with Gasteiger partial charge in [0.25, 0.3) is 5.91 Å². The molecule has 6 heteroatoms. The van der Waals surface area contributed by atoms with E-state index >= 15 is 0 Å². The molecule has 0 bridgehead atoms. The maximum absolute atomic E-state index is 12.5. The molecule has 0 atom stereocenters. The molecule has 5 nitrogen and oxygen atoms in total. The van der Waals surface area contributed by atoms with Crippen LogP contribution in [-0.2, 0) is 10.5 Å². The lowest BCUT2D eigenvalue weighted by atomic mass is 10.1. The largest absolute Gasteiger partial charge is 0.481 e. The fourth-order valence-electron chi connectivity index (χ4n) is 2.30. The summed E-state index contributed by atoms with van der Waals surface area (Å²) in [6, 6.07) is 9.38. The lowest BCUT2D eigenvalue weighted by Gasteiger charge is -2.07. The molecule has 1 aromatic carbocycles. The standard InChI is InChI=1S/C19H23NO4S/c1-12(2)17-10-16(13(3)24-17)19(23)20-15-6-4-5-14(9-15)11-25-8-7-18(21)22/h4-6,9-10,12H,7-8,11H2,1-3H3,(H,20,23)(H,21,22). The molecule has 0 aliphatic rings. The summed E-state index contributed by atoms with van der Waals surface area (Å²) in [5.41, 5.74) is 2.30. The zero-order chi connectivity index (χ0) is 18.4. The van der Waals surface area contributed by atoms with Crippen molar-refractivity contribution < 1.29 is 19.1 Å². The van der Waals surface area contributed by atoms with Gasteiger partial charge in [-0.15, -0.1) is 0 Å². The van der Waals surface area contributed by atoms with E-state index in [-0.39, 0.29) is 18.2 Å². The first-order chi connectivity index (χ1) is 11.9. The highest BCUT2D eigenvalue weighted by Crippen LogP contribution is 2.23. The minimum atomic E-state index is -0.787. The van der Waals surface area contributed by atoms with Gasteiger partial charge in [0.2, 0.25) is 0 Å². The van der Waals surface area contributed by atoms with Crippen molar-refractivity contribution in [1.82, 2.24) is 0 Å². The first kappa shape index (κ1) is 19.1. The summed E-state index contributed by atoms with van der Waals surface area (Å²) in [5.74, 6) is 1.94. The number of amides is 1. The van der Waals surface area contributed by atoms with Gasteiger partial charge in [0.05, 0.1) is 12.0 Å². The van der Waals surface area contributed by atoms with Gasteiger partial charge in [-0.2, -0.15) is 11.8 Å². The lowest BCUT2D eigenvalue weighted by Crippen LogP contribution is -2.12. The first-order valence-corrected chi connectivity index (χ1v) is 9.32. The third-order valence-corrected chi connectivity index (χ3v) is 4.69. The van der Waals surface area contributed by atoms with E-state index < -0.39 is 5.97 Å². The van der Waals surface area contributed by atoms with E-state index in [4.69, 9.17) is 9.52 Å². The molecule has 25 heavy (non-hydrogen) atoms. The summed E-state index contributed by atoms with van der Waals surface area (Å²) < 4.78 is 5.63. The van der Waals surface area contributed by atoms with Crippen LogP contribution < -0.4 is 5.32 Å². The third-order valence-electron chi connectivity index (χ3n) is 3.66. The second-order valence-electron chi connectivity index (χ2n) is 6.12. The quantitative estimate of drug-likeness (QED) is 0.668. The number of furan rings is 1. The van der Waals surface area contributed by atoms with Crippen LogP contribution in [0.3, 0.4) is 0 Å². The van der Waals surface area contributed by atoms with E-state index in [1.54, 1.807) is 24.8 Å². The molecule has 0 saturated heterocycles. The van der Waals surface area contributed by atoms with Crippen molar-refractivity contribution in [2.24, 2.45) is 0 Å². The Morgan fingerprint density at radius 2 is 2.04 bits per heavy atom. The molecule has 0 saturated carbocycles. The van der Waals surface area contributed by atoms with Gasteiger partial charge < -0.3 is 14.8 Å². The van der Waals surface area contributed by atoms with E-state index in [1.165, 1.54) is 0 Å². The molecule has 0 fully saturated rings. The van der Waals surface area contributed by atoms with E-state index in [0.29, 0.717) is 28.5 Å². The molecule has 0 radical (unpaired) electrons. The number of hydrogen-bond donors (Lipinski definition) is 2. The number of carboxylic acids is 1. The van der Waals surface area contributed by atoms with Gasteiger partial charge >= 0.3 is 5.97 Å². The Balaban J connectivity index is 1.99. The average molecular weight is 361 g/mol. The Morgan fingerprint density at radius 3 is 2.68 bits per heavy atom. The van der Waals surface area contributed by atoms with Crippen LogP contribution in [0.25, 0.3) is 0 Å². The fraction of sp³-hybridized carbons (Fsp3) is 0.368. The van der Waals surface area contributed by atoms with Crippen LogP contribution in [0.5, 0.6) is 0 Å². The van der Waals surface area contributed by atoms with Crippen LogP contribution >= 0.6 is 11.8 Å². The molecule has 1 aromatic heterocycles. The Labute approximate surface area is 151 Å². The maximum Gasteiger partial charge on any atom is 0.304 e. The molecule has 2 rings (SSSR count). The number of rotatable bonds is 8. The normalized spacial score (nSPS) is 10.9. The number of carbonyl (C=O) groups is 2. The molecule has 0 aliphatic carbocycles. The molecule has 0 aliphatic heterocycles. The molecule has 2 N–H and O–H groups in total. The number of hydrogen-bond acceptors (Lipinski definition) is 4. The number of carbonyl (C=O) groups excluding carboxylic acids is 1. The van der Waals surface area contributed by atoms with Gasteiger partial charge in [-0.1, -0.05) is 26.0 Å². The second kappa shape index (κ2) is 8.76. The number of aryl methyl sites for hydroxylation is 1. The number of aliphatic carboxylic acids is 1. The zero-order valence-electron chi connectivity index (χ0n) is 14.7. The SMILES string of the molecule is Cc1oc(C(C)C)cc1C(=O)Nc1cccc(CSCCC(=O)O)c1. The van der Waals surface area contributed by atoms with Crippen molar-refractivity contribution in [3.8, 4) is 0 Å². The highest BCUT2D eigenvalue weighted by molar-refractivity contribution is 7.98. The Morgan fingerprint density at radius 1 is 1.28 bits per heavy atom. The number of anilines is 1. The summed E-state index contributed by atoms with van der Waals surface area (Å²) >= 11 is 1.56. The van der Waals surface area contributed by atoms with Crippen LogP contribution in [0, 0.1) is 6.92 Å². The molecule has 0 spiro atoms. The maximum atomic E-state index is 12.5. The highest BCUT2D eigenvalue weighted by Gasteiger charge is 2.16. The molecule has 134 valence electrons. The van der Waals surface area contributed by atoms with Gasteiger partial charge in [0, 0.05) is 23.1 Å². The summed E-state index contributed by atoms with van der Waals surface area (Å²) in [6.07, 6.45) is 0.152. The Bertz CT molecular complexity index is 752. The van der Waals surface area contributed by atoms with E-state index in [9.17, 15) is 9.59 Å². The van der Waals surface area contributed by atoms with Gasteiger partial charge in [-0.25, -0.2) is 0 Å². The minimum absolute atomic E-state index is 0.152. The van der Waals surface area contributed by atoms with Crippen LogP contribution in [0.15, 0.2) is 34.7 Å². The Kier molecular flexibility index (Phi) is 6.70. The molecule has 1 heterocycles. The van der Waals surface area contributed by atoms with Crippen molar-refractivity contribution in [2.45, 2.75) is 38.9 Å². The molecule has 0 unspecified atom stereocenters. The highest BCUT2D eigenvalue weighted by atomic mass is 32.2. The lowest BCUT2D eigenvalue weighted by molar-refractivity contribution is -0.136. The summed E-state index contributed by atoms with van der Waals surface area (Å²) in [7, 11) is 0. The molecular formula is C19H23NO4S. The van der Waals surface area contributed by atoms with Crippen LogP contribution in [-0.4, -0.2) is 22.7 Å². The smallest absolute Gasteiger partial charge is 0.304 e. The summed E-state index contributed by atoms with van der Waals surface area (Å²) in [4.78, 5) is 23.0. The Hall–Kier alpha value is -2.21. The number of carboxylic acid groups (broad SMARTS) is 1. The predicted molar refractivity (Wildman–Crippen MR) is 100 cm³/mol. The van der Waals surface area contributed by atoms with Gasteiger partial charge in [-0.05, 0) is 30.7 Å². The topological polar surface area (TPSA) is 79.5 Å². The van der Waals surface area contributed by atoms with Gasteiger partial charge in [0.15, 0.2) is 0 Å². The van der Waals surface area contributed by atoms with Crippen LogP contribution in [0.2, 0.25) is 0 Å². The number of thioether (sulfide) groups is 1. The molecular weight excluding hydrogens is 338 g/mol. The van der Waals surface area contributed by atoms with Crippen molar-refractivity contribution >= 4 is 29.3 Å². The van der Waals surface area contributed by atoms with Crippen molar-refractivity contribution in [3.63, 3.8) is 0 Å². The summed E-state index contributed by atoms with van der Waals surface area (Å²) in [6.45, 7) is 5.83. The second-order valence-corrected chi connectivity index (χ2v) is 7.23.